The Morgan fingerprint density at radius 1 is 1.24 bits per heavy atom. The van der Waals surface area contributed by atoms with Crippen molar-refractivity contribution in [3.05, 3.63) is 47.2 Å². The van der Waals surface area contributed by atoms with E-state index in [0.717, 1.165) is 22.0 Å². The SMILES string of the molecule is CSc1ccccc1Oc1cc(Cl)ncc1C. The van der Waals surface area contributed by atoms with Gasteiger partial charge >= 0.3 is 0 Å². The number of halogens is 1. The Labute approximate surface area is 110 Å². The second-order valence-corrected chi connectivity index (χ2v) is 4.76. The number of benzene rings is 1. The van der Waals surface area contributed by atoms with Crippen molar-refractivity contribution < 1.29 is 4.74 Å². The van der Waals surface area contributed by atoms with Gasteiger partial charge in [-0.3, -0.25) is 0 Å². The predicted octanol–water partition coefficient (Wildman–Crippen LogP) is 4.56. The number of rotatable bonds is 3. The molecule has 0 saturated carbocycles. The van der Waals surface area contributed by atoms with Gasteiger partial charge in [0.1, 0.15) is 16.7 Å². The van der Waals surface area contributed by atoms with E-state index in [1.807, 2.05) is 37.4 Å². The lowest BCUT2D eigenvalue weighted by molar-refractivity contribution is 0.467. The molecule has 4 heteroatoms. The van der Waals surface area contributed by atoms with Crippen LogP contribution in [-0.2, 0) is 0 Å². The molecule has 17 heavy (non-hydrogen) atoms. The first kappa shape index (κ1) is 12.3. The third-order valence-corrected chi connectivity index (χ3v) is 3.29. The van der Waals surface area contributed by atoms with Crippen molar-refractivity contribution in [2.45, 2.75) is 11.8 Å². The molecule has 0 radical (unpaired) electrons. The molecule has 0 atom stereocenters. The van der Waals surface area contributed by atoms with E-state index in [4.69, 9.17) is 16.3 Å². The van der Waals surface area contributed by atoms with Crippen LogP contribution >= 0.6 is 23.4 Å². The van der Waals surface area contributed by atoms with Crippen LogP contribution in [0.4, 0.5) is 0 Å². The van der Waals surface area contributed by atoms with Gasteiger partial charge in [0.25, 0.3) is 0 Å². The van der Waals surface area contributed by atoms with Gasteiger partial charge in [-0.1, -0.05) is 23.7 Å². The van der Waals surface area contributed by atoms with Crippen LogP contribution in [0.3, 0.4) is 0 Å². The number of hydrogen-bond donors (Lipinski definition) is 0. The molecule has 2 aromatic rings. The van der Waals surface area contributed by atoms with E-state index in [9.17, 15) is 0 Å². The monoisotopic (exact) mass is 265 g/mol. The Morgan fingerprint density at radius 2 is 2.00 bits per heavy atom. The summed E-state index contributed by atoms with van der Waals surface area (Å²) in [5.41, 5.74) is 0.963. The lowest BCUT2D eigenvalue weighted by atomic mass is 10.3. The molecule has 0 aliphatic rings. The van der Waals surface area contributed by atoms with E-state index in [0.29, 0.717) is 5.15 Å². The van der Waals surface area contributed by atoms with Crippen LogP contribution in [0.5, 0.6) is 11.5 Å². The van der Waals surface area contributed by atoms with E-state index in [1.54, 1.807) is 24.0 Å². The number of thioether (sulfide) groups is 1. The minimum absolute atomic E-state index is 0.437. The Balaban J connectivity index is 2.34. The first-order chi connectivity index (χ1) is 8.20. The van der Waals surface area contributed by atoms with E-state index in [-0.39, 0.29) is 0 Å². The Bertz CT molecular complexity index is 531. The highest BCUT2D eigenvalue weighted by molar-refractivity contribution is 7.98. The van der Waals surface area contributed by atoms with Gasteiger partial charge in [0.2, 0.25) is 0 Å². The van der Waals surface area contributed by atoms with Crippen LogP contribution in [0.25, 0.3) is 0 Å². The van der Waals surface area contributed by atoms with E-state index in [1.165, 1.54) is 0 Å². The Hall–Kier alpha value is -1.19. The molecule has 2 rings (SSSR count). The molecular formula is C13H12ClNOS. The minimum atomic E-state index is 0.437. The molecular weight excluding hydrogens is 254 g/mol. The molecule has 0 aliphatic carbocycles. The number of pyridine rings is 1. The van der Waals surface area contributed by atoms with Crippen LogP contribution in [0.15, 0.2) is 41.4 Å². The van der Waals surface area contributed by atoms with Crippen molar-refractivity contribution in [3.8, 4) is 11.5 Å². The van der Waals surface area contributed by atoms with Crippen LogP contribution in [0.1, 0.15) is 5.56 Å². The molecule has 1 aromatic carbocycles. The van der Waals surface area contributed by atoms with Gasteiger partial charge in [-0.15, -0.1) is 11.8 Å². The smallest absolute Gasteiger partial charge is 0.140 e. The van der Waals surface area contributed by atoms with E-state index < -0.39 is 0 Å². The average molecular weight is 266 g/mol. The second kappa shape index (κ2) is 5.43. The van der Waals surface area contributed by atoms with Crippen molar-refractivity contribution in [2.75, 3.05) is 6.26 Å². The summed E-state index contributed by atoms with van der Waals surface area (Å²) in [6.07, 6.45) is 3.73. The lowest BCUT2D eigenvalue weighted by Crippen LogP contribution is -1.90. The second-order valence-electron chi connectivity index (χ2n) is 3.53. The zero-order valence-electron chi connectivity index (χ0n) is 9.61. The van der Waals surface area contributed by atoms with Gasteiger partial charge in [0.15, 0.2) is 0 Å². The molecule has 0 fully saturated rings. The number of ether oxygens (including phenoxy) is 1. The number of aryl methyl sites for hydroxylation is 1. The van der Waals surface area contributed by atoms with E-state index >= 15 is 0 Å². The molecule has 0 amide bonds. The quantitative estimate of drug-likeness (QED) is 0.600. The summed E-state index contributed by atoms with van der Waals surface area (Å²) in [5.74, 6) is 1.58. The van der Waals surface area contributed by atoms with Crippen molar-refractivity contribution in [1.82, 2.24) is 4.98 Å². The summed E-state index contributed by atoms with van der Waals surface area (Å²) < 4.78 is 5.87. The van der Waals surface area contributed by atoms with E-state index in [2.05, 4.69) is 4.98 Å². The molecule has 0 aliphatic heterocycles. The van der Waals surface area contributed by atoms with Crippen molar-refractivity contribution >= 4 is 23.4 Å². The van der Waals surface area contributed by atoms with Gasteiger partial charge < -0.3 is 4.74 Å². The number of hydrogen-bond acceptors (Lipinski definition) is 3. The summed E-state index contributed by atoms with van der Waals surface area (Å²) in [7, 11) is 0. The molecule has 0 N–H and O–H groups in total. The topological polar surface area (TPSA) is 22.1 Å². The fourth-order valence-electron chi connectivity index (χ4n) is 1.41. The standard InChI is InChI=1S/C13H12ClNOS/c1-9-8-15-13(14)7-11(9)16-10-5-3-4-6-12(10)17-2/h3-8H,1-2H3. The fourth-order valence-corrected chi connectivity index (χ4v) is 2.09. The van der Waals surface area contributed by atoms with Crippen LogP contribution in [0, 0.1) is 6.92 Å². The van der Waals surface area contributed by atoms with Crippen LogP contribution in [-0.4, -0.2) is 11.2 Å². The molecule has 0 bridgehead atoms. The molecule has 0 spiro atoms. The molecule has 88 valence electrons. The molecule has 0 unspecified atom stereocenters. The molecule has 1 aromatic heterocycles. The first-order valence-corrected chi connectivity index (χ1v) is 6.74. The molecule has 0 saturated heterocycles. The van der Waals surface area contributed by atoms with Crippen molar-refractivity contribution in [2.24, 2.45) is 0 Å². The summed E-state index contributed by atoms with van der Waals surface area (Å²) >= 11 is 7.51. The average Bonchev–Trinajstić information content (AvgIpc) is 2.34. The van der Waals surface area contributed by atoms with Crippen molar-refractivity contribution in [3.63, 3.8) is 0 Å². The summed E-state index contributed by atoms with van der Waals surface area (Å²) in [4.78, 5) is 5.10. The highest BCUT2D eigenvalue weighted by Crippen LogP contribution is 2.33. The van der Waals surface area contributed by atoms with Gasteiger partial charge in [-0.25, -0.2) is 4.98 Å². The highest BCUT2D eigenvalue weighted by Gasteiger charge is 2.06. The van der Waals surface area contributed by atoms with Crippen LogP contribution in [0.2, 0.25) is 5.15 Å². The number of nitrogens with zero attached hydrogens (tertiary/aromatic N) is 1. The van der Waals surface area contributed by atoms with Gasteiger partial charge in [-0.05, 0) is 25.3 Å². The Kier molecular flexibility index (Phi) is 3.92. The predicted molar refractivity (Wildman–Crippen MR) is 72.3 cm³/mol. The van der Waals surface area contributed by atoms with Crippen molar-refractivity contribution in [1.29, 1.82) is 0 Å². The lowest BCUT2D eigenvalue weighted by Gasteiger charge is -2.11. The summed E-state index contributed by atoms with van der Waals surface area (Å²) in [6, 6.07) is 9.64. The number of para-hydroxylation sites is 1. The maximum atomic E-state index is 5.87. The largest absolute Gasteiger partial charge is 0.456 e. The third kappa shape index (κ3) is 2.93. The van der Waals surface area contributed by atoms with Gasteiger partial charge in [0.05, 0.1) is 0 Å². The zero-order valence-corrected chi connectivity index (χ0v) is 11.2. The zero-order chi connectivity index (χ0) is 12.3. The highest BCUT2D eigenvalue weighted by atomic mass is 35.5. The third-order valence-electron chi connectivity index (χ3n) is 2.31. The summed E-state index contributed by atoms with van der Waals surface area (Å²) in [5, 5.41) is 0.437. The number of aromatic nitrogens is 1. The fraction of sp³-hybridized carbons (Fsp3) is 0.154. The minimum Gasteiger partial charge on any atom is -0.456 e. The van der Waals surface area contributed by atoms with Gasteiger partial charge in [0, 0.05) is 22.7 Å². The Morgan fingerprint density at radius 3 is 2.76 bits per heavy atom. The van der Waals surface area contributed by atoms with Gasteiger partial charge in [-0.2, -0.15) is 0 Å². The maximum Gasteiger partial charge on any atom is 0.140 e. The first-order valence-electron chi connectivity index (χ1n) is 5.13. The molecule has 1 heterocycles. The maximum absolute atomic E-state index is 5.87. The van der Waals surface area contributed by atoms with Crippen LogP contribution < -0.4 is 4.74 Å². The summed E-state index contributed by atoms with van der Waals surface area (Å²) in [6.45, 7) is 1.94. The molecule has 2 nitrogen and oxygen atoms in total. The normalized spacial score (nSPS) is 10.3.